The maximum Gasteiger partial charge on any atom is 0.209 e. The Kier molecular flexibility index (Phi) is 9.00. The fraction of sp³-hybridized carbons (Fsp3) is 0.459. The summed E-state index contributed by atoms with van der Waals surface area (Å²) in [6.45, 7) is 10.1. The number of nitrogens with zero attached hydrogens (tertiary/aromatic N) is 4. The number of rotatable bonds is 11. The summed E-state index contributed by atoms with van der Waals surface area (Å²) in [6.07, 6.45) is 17.8. The van der Waals surface area contributed by atoms with Crippen LogP contribution in [0.4, 0.5) is 0 Å². The lowest BCUT2D eigenvalue weighted by molar-refractivity contribution is 0.0450. The number of ether oxygens (including phenoxy) is 2. The second-order valence-corrected chi connectivity index (χ2v) is 12.4. The Bertz CT molecular complexity index is 1580. The molecule has 1 saturated carbocycles. The number of aromatic nitrogens is 2. The van der Waals surface area contributed by atoms with E-state index in [9.17, 15) is 0 Å². The minimum absolute atomic E-state index is 0.209. The summed E-state index contributed by atoms with van der Waals surface area (Å²) in [5, 5.41) is 0. The molecule has 6 rings (SSSR count). The fourth-order valence-electron chi connectivity index (χ4n) is 6.50. The van der Waals surface area contributed by atoms with E-state index >= 15 is 0 Å². The van der Waals surface area contributed by atoms with Crippen LogP contribution in [-0.4, -0.2) is 46.5 Å². The number of imidazole rings is 1. The van der Waals surface area contributed by atoms with Crippen LogP contribution in [0.1, 0.15) is 79.4 Å². The highest BCUT2D eigenvalue weighted by atomic mass is 16.5. The number of hydrogen-bond donors (Lipinski definition) is 0. The first-order valence-electron chi connectivity index (χ1n) is 15.9. The van der Waals surface area contributed by atoms with Gasteiger partial charge in [-0.05, 0) is 112 Å². The molecule has 0 bridgehead atoms. The second kappa shape index (κ2) is 13.2. The molecule has 6 heteroatoms. The molecule has 43 heavy (non-hydrogen) atoms. The van der Waals surface area contributed by atoms with Crippen LogP contribution in [0, 0.1) is 25.2 Å². The number of piperidine rings is 1. The van der Waals surface area contributed by atoms with Gasteiger partial charge in [0.25, 0.3) is 0 Å². The maximum atomic E-state index is 6.44. The van der Waals surface area contributed by atoms with E-state index in [1.807, 2.05) is 6.07 Å². The van der Waals surface area contributed by atoms with Gasteiger partial charge >= 0.3 is 0 Å². The summed E-state index contributed by atoms with van der Waals surface area (Å²) < 4.78 is 14.3. The highest BCUT2D eigenvalue weighted by molar-refractivity contribution is 5.86. The summed E-state index contributed by atoms with van der Waals surface area (Å²) in [5.74, 6) is 6.14. The minimum Gasteiger partial charge on any atom is -0.497 e. The van der Waals surface area contributed by atoms with Crippen LogP contribution in [0.5, 0.6) is 0 Å². The van der Waals surface area contributed by atoms with Gasteiger partial charge in [0.2, 0.25) is 5.88 Å². The number of benzene rings is 2. The van der Waals surface area contributed by atoms with E-state index in [2.05, 4.69) is 65.3 Å². The van der Waals surface area contributed by atoms with Crippen LogP contribution in [0.3, 0.4) is 0 Å². The molecule has 1 aliphatic carbocycles. The van der Waals surface area contributed by atoms with Gasteiger partial charge in [0.15, 0.2) is 0 Å². The average Bonchev–Trinajstić information content (AvgIpc) is 3.34. The molecule has 2 aromatic carbocycles. The van der Waals surface area contributed by atoms with Crippen LogP contribution < -0.4 is 0 Å². The largest absolute Gasteiger partial charge is 0.497 e. The van der Waals surface area contributed by atoms with Crippen molar-refractivity contribution in [1.82, 2.24) is 14.5 Å². The molecule has 0 unspecified atom stereocenters. The van der Waals surface area contributed by atoms with Gasteiger partial charge in [0.1, 0.15) is 17.7 Å². The Morgan fingerprint density at radius 3 is 2.65 bits per heavy atom. The summed E-state index contributed by atoms with van der Waals surface area (Å²) in [5.41, 5.74) is 8.03. The number of allylic oxidation sites excluding steroid dienone is 1. The van der Waals surface area contributed by atoms with Crippen molar-refractivity contribution in [2.45, 2.75) is 83.9 Å². The third kappa shape index (κ3) is 6.89. The first-order valence-corrected chi connectivity index (χ1v) is 15.9. The van der Waals surface area contributed by atoms with Gasteiger partial charge in [-0.3, -0.25) is 4.90 Å². The zero-order chi connectivity index (χ0) is 29.8. The molecular formula is C37H44N4O2. The molecule has 2 aliphatic heterocycles. The topological polar surface area (TPSA) is 51.9 Å². The normalized spacial score (nSPS) is 18.1. The van der Waals surface area contributed by atoms with E-state index < -0.39 is 0 Å². The molecule has 3 aliphatic rings. The third-order valence-corrected chi connectivity index (χ3v) is 9.46. The van der Waals surface area contributed by atoms with E-state index in [1.54, 1.807) is 7.11 Å². The summed E-state index contributed by atoms with van der Waals surface area (Å²) >= 11 is 0. The number of fused-ring (bicyclic) bond motifs is 1. The minimum atomic E-state index is 0.209. The molecule has 1 saturated heterocycles. The predicted molar refractivity (Wildman–Crippen MR) is 175 cm³/mol. The van der Waals surface area contributed by atoms with E-state index in [-0.39, 0.29) is 6.10 Å². The van der Waals surface area contributed by atoms with Gasteiger partial charge < -0.3 is 14.0 Å². The molecule has 0 N–H and O–H groups in total. The monoisotopic (exact) mass is 576 g/mol. The van der Waals surface area contributed by atoms with Crippen LogP contribution in [-0.2, 0) is 29.0 Å². The van der Waals surface area contributed by atoms with Crippen molar-refractivity contribution in [2.75, 3.05) is 20.2 Å². The van der Waals surface area contributed by atoms with E-state index in [0.29, 0.717) is 5.76 Å². The molecular weight excluding hydrogens is 532 g/mol. The SMILES string of the molecule is C#Cc1ccc(CCC2=NC(OC3CCN(Cc4nc5ccc(C(=C)OC)cc5n4CC4CCC4)CC3)=CCC2)c(C)c1. The lowest BCUT2D eigenvalue weighted by Gasteiger charge is -2.33. The van der Waals surface area contributed by atoms with Crippen molar-refractivity contribution < 1.29 is 9.47 Å². The molecule has 6 nitrogen and oxygen atoms in total. The zero-order valence-corrected chi connectivity index (χ0v) is 25.8. The number of aryl methyl sites for hydroxylation is 2. The van der Waals surface area contributed by atoms with Crippen LogP contribution >= 0.6 is 0 Å². The lowest BCUT2D eigenvalue weighted by Crippen LogP contribution is -2.37. The molecule has 0 spiro atoms. The Labute approximate surface area is 256 Å². The van der Waals surface area contributed by atoms with Crippen LogP contribution in [0.25, 0.3) is 16.8 Å². The number of aliphatic imine (C=N–C) groups is 1. The molecule has 2 fully saturated rings. The first kappa shape index (κ1) is 29.3. The number of hydrogen-bond acceptors (Lipinski definition) is 5. The molecule has 0 atom stereocenters. The van der Waals surface area contributed by atoms with Crippen LogP contribution in [0.15, 0.2) is 59.9 Å². The first-order chi connectivity index (χ1) is 21.0. The number of terminal acetylenes is 1. The van der Waals surface area contributed by atoms with Gasteiger partial charge in [-0.25, -0.2) is 9.98 Å². The summed E-state index contributed by atoms with van der Waals surface area (Å²) in [6, 6.07) is 12.7. The van der Waals surface area contributed by atoms with Gasteiger partial charge in [-0.2, -0.15) is 0 Å². The highest BCUT2D eigenvalue weighted by Crippen LogP contribution is 2.32. The van der Waals surface area contributed by atoms with E-state index in [0.717, 1.165) is 99.0 Å². The molecule has 3 heterocycles. The molecule has 3 aromatic rings. The second-order valence-electron chi connectivity index (χ2n) is 12.4. The fourth-order valence-corrected chi connectivity index (χ4v) is 6.50. The molecule has 224 valence electrons. The van der Waals surface area contributed by atoms with Gasteiger partial charge in [0, 0.05) is 36.5 Å². The van der Waals surface area contributed by atoms with Gasteiger partial charge in [-0.1, -0.05) is 25.0 Å². The molecule has 0 radical (unpaired) electrons. The third-order valence-electron chi connectivity index (χ3n) is 9.46. The Balaban J connectivity index is 1.05. The van der Waals surface area contributed by atoms with Gasteiger partial charge in [-0.15, -0.1) is 6.42 Å². The van der Waals surface area contributed by atoms with E-state index in [4.69, 9.17) is 25.9 Å². The quantitative estimate of drug-likeness (QED) is 0.176. The van der Waals surface area contributed by atoms with Crippen LogP contribution in [0.2, 0.25) is 0 Å². The lowest BCUT2D eigenvalue weighted by atomic mass is 9.85. The van der Waals surface area contributed by atoms with E-state index in [1.165, 1.54) is 41.6 Å². The Morgan fingerprint density at radius 2 is 1.93 bits per heavy atom. The van der Waals surface area contributed by atoms with Crippen molar-refractivity contribution in [2.24, 2.45) is 10.9 Å². The number of methoxy groups -OCH3 is 1. The molecule has 1 aromatic heterocycles. The Morgan fingerprint density at radius 1 is 1.09 bits per heavy atom. The highest BCUT2D eigenvalue weighted by Gasteiger charge is 2.26. The van der Waals surface area contributed by atoms with Crippen molar-refractivity contribution in [3.8, 4) is 12.3 Å². The molecule has 0 amide bonds. The smallest absolute Gasteiger partial charge is 0.209 e. The summed E-state index contributed by atoms with van der Waals surface area (Å²) in [4.78, 5) is 12.6. The standard InChI is InChI=1S/C37H44N4O2/c1-5-28-12-13-30(26(2)22-28)14-16-32-10-7-11-37(38-32)43-33-18-20-40(21-19-33)25-36-39-34-17-15-31(27(3)42-4)23-35(34)41(36)24-29-8-6-9-29/h1,11-13,15,17,22-23,29,33H,3,6-10,14,16,18-21,24-25H2,2,4H3. The maximum absolute atomic E-state index is 6.44. The zero-order valence-electron chi connectivity index (χ0n) is 25.8. The van der Waals surface area contributed by atoms with Gasteiger partial charge in [0.05, 0.1) is 24.7 Å². The average molecular weight is 577 g/mol. The van der Waals surface area contributed by atoms with Crippen molar-refractivity contribution >= 4 is 22.5 Å². The predicted octanol–water partition coefficient (Wildman–Crippen LogP) is 7.43. The Hall–Kier alpha value is -3.82. The summed E-state index contributed by atoms with van der Waals surface area (Å²) in [7, 11) is 1.68. The van der Waals surface area contributed by atoms with Crippen molar-refractivity contribution in [1.29, 1.82) is 0 Å². The van der Waals surface area contributed by atoms with Crippen molar-refractivity contribution in [3.05, 3.63) is 83.0 Å². The number of likely N-dealkylation sites (tertiary alicyclic amines) is 1. The van der Waals surface area contributed by atoms with Crippen molar-refractivity contribution in [3.63, 3.8) is 0 Å².